The van der Waals surface area contributed by atoms with Gasteiger partial charge >= 0.3 is 12.1 Å². The SMILES string of the molecule is N#CCN1C(=O)c2ccccc2N/C1=C/OC(=O)CSc1cccc(C(F)(F)F)c1. The van der Waals surface area contributed by atoms with Crippen molar-refractivity contribution in [2.45, 2.75) is 11.1 Å². The van der Waals surface area contributed by atoms with Gasteiger partial charge in [0.15, 0.2) is 5.82 Å². The highest BCUT2D eigenvalue weighted by Gasteiger charge is 2.30. The number of nitrogens with one attached hydrogen (secondary N) is 1. The van der Waals surface area contributed by atoms with Crippen LogP contribution in [0.15, 0.2) is 65.5 Å². The average molecular weight is 433 g/mol. The van der Waals surface area contributed by atoms with Crippen molar-refractivity contribution < 1.29 is 27.5 Å². The van der Waals surface area contributed by atoms with Crippen LogP contribution in [0.25, 0.3) is 0 Å². The number of nitriles is 1. The molecule has 1 heterocycles. The number of carbonyl (C=O) groups excluding carboxylic acids is 2. The number of amides is 1. The molecule has 2 aromatic carbocycles. The van der Waals surface area contributed by atoms with Gasteiger partial charge < -0.3 is 10.1 Å². The molecular weight excluding hydrogens is 419 g/mol. The van der Waals surface area contributed by atoms with E-state index in [9.17, 15) is 22.8 Å². The Labute approximate surface area is 173 Å². The Bertz CT molecular complexity index is 1050. The molecule has 2 aromatic rings. The number of anilines is 1. The molecule has 3 rings (SSSR count). The monoisotopic (exact) mass is 433 g/mol. The molecule has 0 radical (unpaired) electrons. The molecule has 0 saturated heterocycles. The molecule has 1 aliphatic heterocycles. The number of fused-ring (bicyclic) bond motifs is 1. The van der Waals surface area contributed by atoms with E-state index in [1.165, 1.54) is 12.1 Å². The Kier molecular flexibility index (Phi) is 6.32. The van der Waals surface area contributed by atoms with Gasteiger partial charge in [-0.2, -0.15) is 18.4 Å². The van der Waals surface area contributed by atoms with Crippen molar-refractivity contribution in [2.24, 2.45) is 0 Å². The maximum absolute atomic E-state index is 12.8. The largest absolute Gasteiger partial charge is 0.430 e. The summed E-state index contributed by atoms with van der Waals surface area (Å²) in [5, 5.41) is 11.9. The molecule has 0 bridgehead atoms. The Morgan fingerprint density at radius 3 is 2.73 bits per heavy atom. The van der Waals surface area contributed by atoms with Gasteiger partial charge in [-0.25, -0.2) is 0 Å². The summed E-state index contributed by atoms with van der Waals surface area (Å²) in [5.41, 5.74) is 0.0624. The molecule has 1 aliphatic rings. The van der Waals surface area contributed by atoms with Crippen LogP contribution in [0.4, 0.5) is 18.9 Å². The van der Waals surface area contributed by atoms with Crippen molar-refractivity contribution >= 4 is 29.3 Å². The quantitative estimate of drug-likeness (QED) is 0.329. The van der Waals surface area contributed by atoms with Gasteiger partial charge in [0.05, 0.1) is 28.6 Å². The molecular formula is C20H14F3N3O3S. The number of para-hydroxylation sites is 1. The highest BCUT2D eigenvalue weighted by atomic mass is 32.2. The lowest BCUT2D eigenvalue weighted by molar-refractivity contribution is -0.137. The van der Waals surface area contributed by atoms with Gasteiger partial charge in [-0.3, -0.25) is 14.5 Å². The maximum atomic E-state index is 12.8. The lowest BCUT2D eigenvalue weighted by Gasteiger charge is -2.29. The van der Waals surface area contributed by atoms with E-state index >= 15 is 0 Å². The average Bonchev–Trinajstić information content (AvgIpc) is 2.72. The number of halogens is 3. The number of ether oxygens (including phenoxy) is 1. The molecule has 10 heteroatoms. The fourth-order valence-electron chi connectivity index (χ4n) is 2.62. The molecule has 0 spiro atoms. The number of hydrogen-bond acceptors (Lipinski definition) is 6. The van der Waals surface area contributed by atoms with Crippen LogP contribution in [0.1, 0.15) is 15.9 Å². The van der Waals surface area contributed by atoms with Crippen LogP contribution < -0.4 is 5.32 Å². The van der Waals surface area contributed by atoms with Crippen molar-refractivity contribution in [1.82, 2.24) is 4.90 Å². The van der Waals surface area contributed by atoms with Crippen LogP contribution in [0, 0.1) is 11.3 Å². The number of carbonyl (C=O) groups is 2. The first-order chi connectivity index (χ1) is 14.3. The molecule has 30 heavy (non-hydrogen) atoms. The van der Waals surface area contributed by atoms with E-state index in [4.69, 9.17) is 10.00 Å². The number of alkyl halides is 3. The van der Waals surface area contributed by atoms with Crippen molar-refractivity contribution in [3.05, 3.63) is 71.7 Å². The van der Waals surface area contributed by atoms with Crippen LogP contribution in [-0.4, -0.2) is 29.1 Å². The summed E-state index contributed by atoms with van der Waals surface area (Å²) in [5.74, 6) is -1.28. The van der Waals surface area contributed by atoms with Gasteiger partial charge in [-0.15, -0.1) is 11.8 Å². The lowest BCUT2D eigenvalue weighted by atomic mass is 10.1. The molecule has 0 atom stereocenters. The van der Waals surface area contributed by atoms with Crippen LogP contribution in [0.2, 0.25) is 0 Å². The van der Waals surface area contributed by atoms with Gasteiger partial charge in [0.2, 0.25) is 0 Å². The van der Waals surface area contributed by atoms with Crippen LogP contribution in [0.3, 0.4) is 0 Å². The minimum absolute atomic E-state index is 0.109. The van der Waals surface area contributed by atoms with Gasteiger partial charge in [0.25, 0.3) is 5.91 Å². The summed E-state index contributed by atoms with van der Waals surface area (Å²) in [6.07, 6.45) is -3.46. The van der Waals surface area contributed by atoms with E-state index in [1.54, 1.807) is 24.3 Å². The molecule has 0 fully saturated rings. The van der Waals surface area contributed by atoms with Crippen LogP contribution in [-0.2, 0) is 15.7 Å². The number of hydrogen-bond donors (Lipinski definition) is 1. The zero-order chi connectivity index (χ0) is 21.7. The third kappa shape index (κ3) is 4.93. The van der Waals surface area contributed by atoms with Gasteiger partial charge in [0, 0.05) is 4.90 Å². The molecule has 6 nitrogen and oxygen atoms in total. The van der Waals surface area contributed by atoms with Crippen LogP contribution >= 0.6 is 11.8 Å². The van der Waals surface area contributed by atoms with E-state index < -0.39 is 23.6 Å². The highest BCUT2D eigenvalue weighted by molar-refractivity contribution is 8.00. The summed E-state index contributed by atoms with van der Waals surface area (Å²) in [6.45, 7) is -0.261. The number of rotatable bonds is 5. The van der Waals surface area contributed by atoms with E-state index in [-0.39, 0.29) is 23.0 Å². The Morgan fingerprint density at radius 1 is 1.23 bits per heavy atom. The standard InChI is InChI=1S/C20H14F3N3O3S/c21-20(22,23)13-4-3-5-14(10-13)30-12-18(27)29-11-17-25-16-7-2-1-6-15(16)19(28)26(17)9-8-24/h1-7,10-11,25H,9,12H2/b17-11-. The minimum atomic E-state index is -4.47. The van der Waals surface area contributed by atoms with Crippen LogP contribution in [0.5, 0.6) is 0 Å². The lowest BCUT2D eigenvalue weighted by Crippen LogP contribution is -2.38. The van der Waals surface area contributed by atoms with Gasteiger partial charge in [-0.1, -0.05) is 18.2 Å². The molecule has 0 aliphatic carbocycles. The topological polar surface area (TPSA) is 82.4 Å². The van der Waals surface area contributed by atoms with E-state index in [0.717, 1.165) is 35.1 Å². The molecule has 0 aromatic heterocycles. The number of esters is 1. The summed E-state index contributed by atoms with van der Waals surface area (Å²) in [7, 11) is 0. The third-order valence-electron chi connectivity index (χ3n) is 4.01. The number of nitrogens with zero attached hydrogens (tertiary/aromatic N) is 2. The second-order valence-corrected chi connectivity index (χ2v) is 7.08. The maximum Gasteiger partial charge on any atom is 0.416 e. The Balaban J connectivity index is 1.67. The highest BCUT2D eigenvalue weighted by Crippen LogP contribution is 2.32. The first-order valence-corrected chi connectivity index (χ1v) is 9.52. The number of benzene rings is 2. The molecule has 0 unspecified atom stereocenters. The molecule has 0 saturated carbocycles. The summed E-state index contributed by atoms with van der Waals surface area (Å²) >= 11 is 0.888. The van der Waals surface area contributed by atoms with E-state index in [1.807, 2.05) is 6.07 Å². The second-order valence-electron chi connectivity index (χ2n) is 6.03. The molecule has 1 amide bonds. The third-order valence-corrected chi connectivity index (χ3v) is 4.97. The fraction of sp³-hybridized carbons (Fsp3) is 0.150. The van der Waals surface area contributed by atoms with Crippen molar-refractivity contribution in [3.63, 3.8) is 0 Å². The predicted molar refractivity (Wildman–Crippen MR) is 103 cm³/mol. The second kappa shape index (κ2) is 8.92. The zero-order valence-corrected chi connectivity index (χ0v) is 16.1. The van der Waals surface area contributed by atoms with E-state index in [0.29, 0.717) is 11.3 Å². The normalized spacial score (nSPS) is 14.7. The number of thioether (sulfide) groups is 1. The van der Waals surface area contributed by atoms with Gasteiger partial charge in [0.1, 0.15) is 12.8 Å². The Hall–Kier alpha value is -3.45. The fourth-order valence-corrected chi connectivity index (χ4v) is 3.36. The smallest absolute Gasteiger partial charge is 0.416 e. The first-order valence-electron chi connectivity index (χ1n) is 8.54. The van der Waals surface area contributed by atoms with Gasteiger partial charge in [-0.05, 0) is 30.3 Å². The summed E-state index contributed by atoms with van der Waals surface area (Å²) < 4.78 is 43.3. The summed E-state index contributed by atoms with van der Waals surface area (Å²) in [4.78, 5) is 26.0. The Morgan fingerprint density at radius 2 is 2.00 bits per heavy atom. The summed E-state index contributed by atoms with van der Waals surface area (Å²) in [6, 6.07) is 13.1. The molecule has 154 valence electrons. The van der Waals surface area contributed by atoms with Crippen molar-refractivity contribution in [1.29, 1.82) is 5.26 Å². The van der Waals surface area contributed by atoms with E-state index in [2.05, 4.69) is 5.32 Å². The first kappa shape index (κ1) is 21.3. The zero-order valence-electron chi connectivity index (χ0n) is 15.3. The van der Waals surface area contributed by atoms with Crippen molar-refractivity contribution in [3.8, 4) is 6.07 Å². The van der Waals surface area contributed by atoms with Crippen molar-refractivity contribution in [2.75, 3.05) is 17.6 Å². The molecule has 1 N–H and O–H groups in total. The predicted octanol–water partition coefficient (Wildman–Crippen LogP) is 4.23. The minimum Gasteiger partial charge on any atom is -0.430 e.